The molecule has 0 saturated carbocycles. The molecular formula is C23H20N2O. The predicted molar refractivity (Wildman–Crippen MR) is 110 cm³/mol. The highest BCUT2D eigenvalue weighted by molar-refractivity contribution is 6.05. The fourth-order valence-corrected chi connectivity index (χ4v) is 3.22. The van der Waals surface area contributed by atoms with Gasteiger partial charge in [0.2, 0.25) is 0 Å². The third kappa shape index (κ3) is 2.88. The van der Waals surface area contributed by atoms with Gasteiger partial charge in [-0.2, -0.15) is 0 Å². The zero-order chi connectivity index (χ0) is 18.1. The Balaban J connectivity index is 1.63. The van der Waals surface area contributed by atoms with Crippen LogP contribution in [0.25, 0.3) is 21.5 Å². The van der Waals surface area contributed by atoms with Crippen molar-refractivity contribution in [2.24, 2.45) is 0 Å². The first kappa shape index (κ1) is 16.2. The zero-order valence-corrected chi connectivity index (χ0v) is 14.9. The Kier molecular flexibility index (Phi) is 4.05. The van der Waals surface area contributed by atoms with Gasteiger partial charge in [-0.1, -0.05) is 60.7 Å². The number of fused-ring (bicyclic) bond motifs is 2. The van der Waals surface area contributed by atoms with Crippen molar-refractivity contribution in [2.45, 2.75) is 0 Å². The number of nitrogens with zero attached hydrogens (tertiary/aromatic N) is 2. The molecule has 0 aliphatic carbocycles. The molecule has 4 rings (SSSR count). The average molecular weight is 340 g/mol. The lowest BCUT2D eigenvalue weighted by molar-refractivity contribution is 0.253. The second-order valence-corrected chi connectivity index (χ2v) is 6.46. The van der Waals surface area contributed by atoms with Crippen molar-refractivity contribution in [2.75, 3.05) is 23.9 Å². The van der Waals surface area contributed by atoms with Gasteiger partial charge in [0.1, 0.15) is 0 Å². The molecule has 0 heterocycles. The molecule has 0 fully saturated rings. The first-order chi connectivity index (χ1) is 12.6. The van der Waals surface area contributed by atoms with Crippen LogP contribution < -0.4 is 9.80 Å². The first-order valence-electron chi connectivity index (χ1n) is 8.62. The normalized spacial score (nSPS) is 10.8. The summed E-state index contributed by atoms with van der Waals surface area (Å²) in [4.78, 5) is 16.3. The molecule has 0 spiro atoms. The van der Waals surface area contributed by atoms with Crippen LogP contribution in [0.1, 0.15) is 0 Å². The van der Waals surface area contributed by atoms with Crippen molar-refractivity contribution >= 4 is 39.0 Å². The average Bonchev–Trinajstić information content (AvgIpc) is 2.71. The third-order valence-electron chi connectivity index (χ3n) is 4.81. The molecule has 4 aromatic carbocycles. The standard InChI is InChI=1S/C23H20N2O/c1-24(21-13-11-17-7-3-5-9-19(17)15-21)23(26)25(2)22-14-12-18-8-4-6-10-20(18)16-22/h3-16H,1-2H3. The summed E-state index contributed by atoms with van der Waals surface area (Å²) in [6, 6.07) is 28.4. The van der Waals surface area contributed by atoms with E-state index in [2.05, 4.69) is 24.3 Å². The molecule has 3 heteroatoms. The Morgan fingerprint density at radius 3 is 1.38 bits per heavy atom. The van der Waals surface area contributed by atoms with Crippen molar-refractivity contribution in [3.8, 4) is 0 Å². The maximum Gasteiger partial charge on any atom is 0.328 e. The molecule has 0 atom stereocenters. The summed E-state index contributed by atoms with van der Waals surface area (Å²) in [6.07, 6.45) is 0. The van der Waals surface area contributed by atoms with E-state index in [1.54, 1.807) is 9.80 Å². The van der Waals surface area contributed by atoms with Crippen LogP contribution >= 0.6 is 0 Å². The summed E-state index contributed by atoms with van der Waals surface area (Å²) in [6.45, 7) is 0. The topological polar surface area (TPSA) is 23.6 Å². The Morgan fingerprint density at radius 2 is 0.962 bits per heavy atom. The smallest absolute Gasteiger partial charge is 0.297 e. The van der Waals surface area contributed by atoms with Gasteiger partial charge in [0.05, 0.1) is 0 Å². The van der Waals surface area contributed by atoms with Crippen molar-refractivity contribution in [1.29, 1.82) is 0 Å². The van der Waals surface area contributed by atoms with Gasteiger partial charge in [0.15, 0.2) is 0 Å². The van der Waals surface area contributed by atoms with Gasteiger partial charge < -0.3 is 0 Å². The number of rotatable bonds is 2. The largest absolute Gasteiger partial charge is 0.328 e. The van der Waals surface area contributed by atoms with Crippen LogP contribution in [0.15, 0.2) is 84.9 Å². The van der Waals surface area contributed by atoms with Crippen LogP contribution in [0.3, 0.4) is 0 Å². The SMILES string of the molecule is CN(C(=O)N(C)c1ccc2ccccc2c1)c1ccc2ccccc2c1. The van der Waals surface area contributed by atoms with Gasteiger partial charge in [-0.15, -0.1) is 0 Å². The molecule has 26 heavy (non-hydrogen) atoms. The van der Waals surface area contributed by atoms with Crippen molar-refractivity contribution in [3.63, 3.8) is 0 Å². The molecule has 2 amide bonds. The molecule has 0 unspecified atom stereocenters. The predicted octanol–water partition coefficient (Wildman–Crippen LogP) is 5.69. The van der Waals surface area contributed by atoms with Gasteiger partial charge in [-0.25, -0.2) is 4.79 Å². The second kappa shape index (κ2) is 6.52. The summed E-state index contributed by atoms with van der Waals surface area (Å²) >= 11 is 0. The van der Waals surface area contributed by atoms with Crippen LogP contribution in [0, 0.1) is 0 Å². The molecule has 0 aliphatic heterocycles. The van der Waals surface area contributed by atoms with E-state index in [4.69, 9.17) is 0 Å². The highest BCUT2D eigenvalue weighted by Crippen LogP contribution is 2.25. The van der Waals surface area contributed by atoms with Gasteiger partial charge >= 0.3 is 6.03 Å². The quantitative estimate of drug-likeness (QED) is 0.460. The van der Waals surface area contributed by atoms with Crippen molar-refractivity contribution in [3.05, 3.63) is 84.9 Å². The highest BCUT2D eigenvalue weighted by Gasteiger charge is 2.17. The minimum atomic E-state index is -0.0736. The monoisotopic (exact) mass is 340 g/mol. The van der Waals surface area contributed by atoms with Crippen molar-refractivity contribution in [1.82, 2.24) is 0 Å². The van der Waals surface area contributed by atoms with Gasteiger partial charge in [0, 0.05) is 25.5 Å². The van der Waals surface area contributed by atoms with E-state index in [9.17, 15) is 4.79 Å². The van der Waals surface area contributed by atoms with Crippen LogP contribution in [0.5, 0.6) is 0 Å². The summed E-state index contributed by atoms with van der Waals surface area (Å²) < 4.78 is 0. The lowest BCUT2D eigenvalue weighted by Crippen LogP contribution is -2.38. The fourth-order valence-electron chi connectivity index (χ4n) is 3.22. The summed E-state index contributed by atoms with van der Waals surface area (Å²) in [5.41, 5.74) is 1.75. The maximum atomic E-state index is 13.0. The Bertz CT molecular complexity index is 1020. The number of hydrogen-bond acceptors (Lipinski definition) is 1. The minimum absolute atomic E-state index is 0.0736. The number of hydrogen-bond donors (Lipinski definition) is 0. The lowest BCUT2D eigenvalue weighted by Gasteiger charge is -2.25. The fraction of sp³-hybridized carbons (Fsp3) is 0.0870. The molecule has 128 valence electrons. The number of urea groups is 1. The molecule has 0 N–H and O–H groups in total. The maximum absolute atomic E-state index is 13.0. The summed E-state index contributed by atoms with van der Waals surface area (Å²) in [5, 5.41) is 4.58. The van der Waals surface area contributed by atoms with E-state index in [0.717, 1.165) is 22.1 Å². The first-order valence-corrected chi connectivity index (χ1v) is 8.62. The number of amides is 2. The molecule has 0 aromatic heterocycles. The van der Waals surface area contributed by atoms with Crippen molar-refractivity contribution < 1.29 is 4.79 Å². The minimum Gasteiger partial charge on any atom is -0.297 e. The van der Waals surface area contributed by atoms with Crippen LogP contribution in [-0.2, 0) is 0 Å². The van der Waals surface area contributed by atoms with E-state index in [1.807, 2.05) is 74.8 Å². The molecule has 0 aliphatic rings. The highest BCUT2D eigenvalue weighted by atomic mass is 16.2. The number of carbonyl (C=O) groups excluding carboxylic acids is 1. The van der Waals surface area contributed by atoms with Gasteiger partial charge in [-0.3, -0.25) is 9.80 Å². The molecule has 0 bridgehead atoms. The molecular weight excluding hydrogens is 320 g/mol. The van der Waals surface area contributed by atoms with Crippen LogP contribution in [0.4, 0.5) is 16.2 Å². The number of benzene rings is 4. The molecule has 0 radical (unpaired) electrons. The van der Waals surface area contributed by atoms with E-state index in [0.29, 0.717) is 0 Å². The summed E-state index contributed by atoms with van der Waals surface area (Å²) in [7, 11) is 3.62. The van der Waals surface area contributed by atoms with Gasteiger partial charge in [-0.05, 0) is 45.8 Å². The second-order valence-electron chi connectivity index (χ2n) is 6.46. The van der Waals surface area contributed by atoms with Gasteiger partial charge in [0.25, 0.3) is 0 Å². The molecule has 0 saturated heterocycles. The zero-order valence-electron chi connectivity index (χ0n) is 14.9. The summed E-state index contributed by atoms with van der Waals surface area (Å²) in [5.74, 6) is 0. The van der Waals surface area contributed by atoms with E-state index in [-0.39, 0.29) is 6.03 Å². The van der Waals surface area contributed by atoms with E-state index < -0.39 is 0 Å². The van der Waals surface area contributed by atoms with Crippen LogP contribution in [0.2, 0.25) is 0 Å². The molecule has 3 nitrogen and oxygen atoms in total. The molecule has 4 aromatic rings. The Labute approximate surface area is 153 Å². The van der Waals surface area contributed by atoms with Crippen LogP contribution in [-0.4, -0.2) is 20.1 Å². The third-order valence-corrected chi connectivity index (χ3v) is 4.81. The number of carbonyl (C=O) groups is 1. The van der Waals surface area contributed by atoms with E-state index >= 15 is 0 Å². The van der Waals surface area contributed by atoms with E-state index in [1.165, 1.54) is 10.8 Å². The lowest BCUT2D eigenvalue weighted by atomic mass is 10.1. The Hall–Kier alpha value is -3.33. The Morgan fingerprint density at radius 1 is 0.577 bits per heavy atom. The number of anilines is 2.